The van der Waals surface area contributed by atoms with Crippen molar-refractivity contribution in [3.8, 4) is 0 Å². The number of para-hydroxylation sites is 1. The van der Waals surface area contributed by atoms with Crippen LogP contribution in [0.3, 0.4) is 0 Å². The summed E-state index contributed by atoms with van der Waals surface area (Å²) in [5.74, 6) is -0.733. The molecule has 0 aliphatic carbocycles. The fraction of sp³-hybridized carbons (Fsp3) is 0.259. The largest absolute Gasteiger partial charge is 0.345 e. The number of nitrogens with one attached hydrogen (secondary N) is 2. The minimum atomic E-state index is -3.57. The SMILES string of the molecule is CC(NC(=O)c1ccccc1NC(=O)c1ccc(S(=O)(=O)N2CCCCC2)cc1)c1ccccc1. The Balaban J connectivity index is 1.46. The van der Waals surface area contributed by atoms with Gasteiger partial charge >= 0.3 is 0 Å². The second kappa shape index (κ2) is 10.8. The van der Waals surface area contributed by atoms with Crippen molar-refractivity contribution in [2.45, 2.75) is 37.1 Å². The van der Waals surface area contributed by atoms with E-state index in [1.165, 1.54) is 28.6 Å². The Kier molecular flexibility index (Phi) is 7.63. The van der Waals surface area contributed by atoms with Gasteiger partial charge in [-0.25, -0.2) is 8.42 Å². The van der Waals surface area contributed by atoms with Crippen LogP contribution < -0.4 is 10.6 Å². The van der Waals surface area contributed by atoms with E-state index in [1.54, 1.807) is 24.3 Å². The fourth-order valence-corrected chi connectivity index (χ4v) is 5.63. The second-order valence-electron chi connectivity index (χ2n) is 8.59. The summed E-state index contributed by atoms with van der Waals surface area (Å²) < 4.78 is 27.2. The lowest BCUT2D eigenvalue weighted by Crippen LogP contribution is -2.35. The highest BCUT2D eigenvalue weighted by molar-refractivity contribution is 7.89. The van der Waals surface area contributed by atoms with Crippen molar-refractivity contribution in [1.29, 1.82) is 0 Å². The van der Waals surface area contributed by atoms with Crippen LogP contribution in [0.15, 0.2) is 83.8 Å². The maximum absolute atomic E-state index is 12.9. The van der Waals surface area contributed by atoms with E-state index in [0.29, 0.717) is 29.9 Å². The first-order chi connectivity index (χ1) is 16.9. The number of nitrogens with zero attached hydrogens (tertiary/aromatic N) is 1. The van der Waals surface area contributed by atoms with Gasteiger partial charge in [-0.3, -0.25) is 9.59 Å². The number of sulfonamides is 1. The minimum Gasteiger partial charge on any atom is -0.345 e. The molecule has 2 N–H and O–H groups in total. The van der Waals surface area contributed by atoms with E-state index in [-0.39, 0.29) is 16.8 Å². The Morgan fingerprint density at radius 1 is 0.800 bits per heavy atom. The average Bonchev–Trinajstić information content (AvgIpc) is 2.90. The van der Waals surface area contributed by atoms with E-state index in [2.05, 4.69) is 10.6 Å². The van der Waals surface area contributed by atoms with Crippen LogP contribution in [0.5, 0.6) is 0 Å². The van der Waals surface area contributed by atoms with E-state index in [4.69, 9.17) is 0 Å². The molecule has 1 saturated heterocycles. The molecule has 0 radical (unpaired) electrons. The third-order valence-corrected chi connectivity index (χ3v) is 8.05. The maximum atomic E-state index is 12.9. The molecule has 0 bridgehead atoms. The molecule has 1 unspecified atom stereocenters. The molecule has 1 aliphatic rings. The molecule has 35 heavy (non-hydrogen) atoms. The van der Waals surface area contributed by atoms with Gasteiger partial charge < -0.3 is 10.6 Å². The normalized spacial score (nSPS) is 15.2. The van der Waals surface area contributed by atoms with E-state index in [0.717, 1.165) is 24.8 Å². The van der Waals surface area contributed by atoms with Crippen molar-refractivity contribution in [3.05, 3.63) is 95.6 Å². The summed E-state index contributed by atoms with van der Waals surface area (Å²) in [6, 6.07) is 22.1. The molecule has 0 saturated carbocycles. The smallest absolute Gasteiger partial charge is 0.255 e. The predicted molar refractivity (Wildman–Crippen MR) is 136 cm³/mol. The number of amides is 2. The summed E-state index contributed by atoms with van der Waals surface area (Å²) in [6.07, 6.45) is 2.75. The van der Waals surface area contributed by atoms with Crippen molar-refractivity contribution in [2.24, 2.45) is 0 Å². The Labute approximate surface area is 206 Å². The molecule has 7 nitrogen and oxygen atoms in total. The zero-order chi connectivity index (χ0) is 24.8. The molecule has 1 atom stereocenters. The van der Waals surface area contributed by atoms with Crippen LogP contribution in [0.1, 0.15) is 58.5 Å². The molecule has 2 amide bonds. The molecule has 0 spiro atoms. The monoisotopic (exact) mass is 491 g/mol. The van der Waals surface area contributed by atoms with Crippen LogP contribution in [-0.4, -0.2) is 37.6 Å². The number of rotatable bonds is 7. The van der Waals surface area contributed by atoms with Crippen LogP contribution >= 0.6 is 0 Å². The molecule has 3 aromatic rings. The van der Waals surface area contributed by atoms with E-state index < -0.39 is 15.9 Å². The molecule has 1 heterocycles. The van der Waals surface area contributed by atoms with Gasteiger partial charge in [-0.05, 0) is 61.7 Å². The first-order valence-electron chi connectivity index (χ1n) is 11.7. The third-order valence-electron chi connectivity index (χ3n) is 6.14. The number of carbonyl (C=O) groups excluding carboxylic acids is 2. The lowest BCUT2D eigenvalue weighted by molar-refractivity contribution is 0.0940. The van der Waals surface area contributed by atoms with Crippen molar-refractivity contribution in [1.82, 2.24) is 9.62 Å². The number of hydrogen-bond donors (Lipinski definition) is 2. The van der Waals surface area contributed by atoms with E-state index in [1.807, 2.05) is 37.3 Å². The van der Waals surface area contributed by atoms with E-state index in [9.17, 15) is 18.0 Å². The Morgan fingerprint density at radius 2 is 1.43 bits per heavy atom. The van der Waals surface area contributed by atoms with Crippen molar-refractivity contribution >= 4 is 27.5 Å². The Morgan fingerprint density at radius 3 is 2.11 bits per heavy atom. The molecule has 182 valence electrons. The van der Waals surface area contributed by atoms with Gasteiger partial charge in [-0.1, -0.05) is 48.9 Å². The summed E-state index contributed by atoms with van der Waals surface area (Å²) in [7, 11) is -3.57. The average molecular weight is 492 g/mol. The van der Waals surface area contributed by atoms with Gasteiger partial charge in [0.1, 0.15) is 0 Å². The lowest BCUT2D eigenvalue weighted by Gasteiger charge is -2.25. The minimum absolute atomic E-state index is 0.172. The molecule has 1 fully saturated rings. The van der Waals surface area contributed by atoms with Crippen molar-refractivity contribution < 1.29 is 18.0 Å². The molecular weight excluding hydrogens is 462 g/mol. The molecule has 1 aliphatic heterocycles. The van der Waals surface area contributed by atoms with Gasteiger partial charge in [0.05, 0.1) is 22.2 Å². The standard InChI is InChI=1S/C27H29N3O4S/c1-20(21-10-4-2-5-11-21)28-27(32)24-12-6-7-13-25(24)29-26(31)22-14-16-23(17-15-22)35(33,34)30-18-8-3-9-19-30/h2,4-7,10-17,20H,3,8-9,18-19H2,1H3,(H,28,32)(H,29,31). The number of hydrogen-bond acceptors (Lipinski definition) is 4. The quantitative estimate of drug-likeness (QED) is 0.505. The number of anilines is 1. The van der Waals surface area contributed by atoms with Crippen LogP contribution in [0.4, 0.5) is 5.69 Å². The van der Waals surface area contributed by atoms with Gasteiger partial charge in [0.25, 0.3) is 11.8 Å². The predicted octanol–water partition coefficient (Wildman–Crippen LogP) is 4.60. The number of benzene rings is 3. The maximum Gasteiger partial charge on any atom is 0.255 e. The highest BCUT2D eigenvalue weighted by Crippen LogP contribution is 2.22. The van der Waals surface area contributed by atoms with Crippen molar-refractivity contribution in [2.75, 3.05) is 18.4 Å². The summed E-state index contributed by atoms with van der Waals surface area (Å²) in [6.45, 7) is 2.94. The molecule has 4 rings (SSSR count). The zero-order valence-corrected chi connectivity index (χ0v) is 20.4. The number of carbonyl (C=O) groups is 2. The van der Waals surface area contributed by atoms with Crippen LogP contribution in [0, 0.1) is 0 Å². The highest BCUT2D eigenvalue weighted by Gasteiger charge is 2.26. The molecule has 0 aromatic heterocycles. The van der Waals surface area contributed by atoms with Crippen LogP contribution in [0.25, 0.3) is 0 Å². The fourth-order valence-electron chi connectivity index (χ4n) is 4.12. The van der Waals surface area contributed by atoms with Crippen LogP contribution in [-0.2, 0) is 10.0 Å². The Bertz CT molecular complexity index is 1290. The van der Waals surface area contributed by atoms with Gasteiger partial charge in [0.2, 0.25) is 10.0 Å². The number of piperidine rings is 1. The van der Waals surface area contributed by atoms with Gasteiger partial charge in [0.15, 0.2) is 0 Å². The first kappa shape index (κ1) is 24.6. The lowest BCUT2D eigenvalue weighted by atomic mass is 10.1. The third kappa shape index (κ3) is 5.78. The summed E-state index contributed by atoms with van der Waals surface area (Å²) in [4.78, 5) is 26.0. The van der Waals surface area contributed by atoms with Crippen LogP contribution in [0.2, 0.25) is 0 Å². The van der Waals surface area contributed by atoms with Gasteiger partial charge in [0, 0.05) is 18.7 Å². The molecule has 8 heteroatoms. The second-order valence-corrected chi connectivity index (χ2v) is 10.5. The van der Waals surface area contributed by atoms with Gasteiger partial charge in [-0.2, -0.15) is 4.31 Å². The summed E-state index contributed by atoms with van der Waals surface area (Å²) in [5.41, 5.74) is 1.99. The molecule has 3 aromatic carbocycles. The zero-order valence-electron chi connectivity index (χ0n) is 19.6. The van der Waals surface area contributed by atoms with Crippen molar-refractivity contribution in [3.63, 3.8) is 0 Å². The molecular formula is C27H29N3O4S. The summed E-state index contributed by atoms with van der Waals surface area (Å²) >= 11 is 0. The highest BCUT2D eigenvalue weighted by atomic mass is 32.2. The summed E-state index contributed by atoms with van der Waals surface area (Å²) in [5, 5.41) is 5.74. The Hall–Kier alpha value is -3.49. The first-order valence-corrected chi connectivity index (χ1v) is 13.2. The van der Waals surface area contributed by atoms with E-state index >= 15 is 0 Å². The van der Waals surface area contributed by atoms with Gasteiger partial charge in [-0.15, -0.1) is 0 Å². The topological polar surface area (TPSA) is 95.6 Å².